The van der Waals surface area contributed by atoms with Crippen molar-refractivity contribution in [3.8, 4) is 0 Å². The second kappa shape index (κ2) is 39.2. The number of nitrogens with one attached hydrogen (secondary N) is 1. The number of carbonyl (C=O) groups excluding carboxylic acids is 1. The summed E-state index contributed by atoms with van der Waals surface area (Å²) in [7, 11) is 1.55. The highest BCUT2D eigenvalue weighted by Gasteiger charge is 2.27. The molecule has 0 aliphatic heterocycles. The van der Waals surface area contributed by atoms with Gasteiger partial charge < -0.3 is 19.8 Å². The summed E-state index contributed by atoms with van der Waals surface area (Å²) in [5.74, 6) is -0.190. The van der Waals surface area contributed by atoms with Crippen molar-refractivity contribution >= 4 is 13.7 Å². The Bertz CT molecular complexity index is 1010. The maximum atomic E-state index is 12.9. The van der Waals surface area contributed by atoms with E-state index in [4.69, 9.17) is 9.05 Å². The molecule has 8 nitrogen and oxygen atoms in total. The third kappa shape index (κ3) is 40.9. The van der Waals surface area contributed by atoms with E-state index in [-0.39, 0.29) is 19.1 Å². The summed E-state index contributed by atoms with van der Waals surface area (Å²) in [6, 6.07) is -0.865. The van der Waals surface area contributed by atoms with E-state index in [0.717, 1.165) is 44.9 Å². The molecule has 0 saturated heterocycles. The van der Waals surface area contributed by atoms with Crippen LogP contribution in [0.4, 0.5) is 0 Å². The molecule has 0 aromatic carbocycles. The number of hydrogen-bond acceptors (Lipinski definition) is 5. The number of hydrogen-bond donors (Lipinski definition) is 3. The number of phosphoric acid groups is 1. The maximum Gasteiger partial charge on any atom is 0.472 e. The van der Waals surface area contributed by atoms with Crippen LogP contribution in [0.2, 0.25) is 0 Å². The lowest BCUT2D eigenvalue weighted by Crippen LogP contribution is -2.45. The molecule has 0 spiro atoms. The van der Waals surface area contributed by atoms with Crippen LogP contribution in [0.5, 0.6) is 0 Å². The first-order chi connectivity index (χ1) is 27.0. The van der Waals surface area contributed by atoms with Crippen LogP contribution in [0.15, 0.2) is 36.5 Å². The minimum atomic E-state index is -4.35. The zero-order chi connectivity index (χ0) is 41.4. The van der Waals surface area contributed by atoms with Crippen molar-refractivity contribution in [2.75, 3.05) is 40.9 Å². The molecule has 56 heavy (non-hydrogen) atoms. The third-order valence-electron chi connectivity index (χ3n) is 10.3. The Morgan fingerprint density at radius 2 is 0.982 bits per heavy atom. The van der Waals surface area contributed by atoms with Gasteiger partial charge in [0.25, 0.3) is 0 Å². The molecule has 9 heteroatoms. The lowest BCUT2D eigenvalue weighted by atomic mass is 10.0. The number of likely N-dealkylation sites (N-methyl/N-ethyl adjacent to an activating group) is 1. The number of unbranched alkanes of at least 4 members (excludes halogenated alkanes) is 25. The van der Waals surface area contributed by atoms with Crippen molar-refractivity contribution in [2.24, 2.45) is 0 Å². The van der Waals surface area contributed by atoms with Gasteiger partial charge in [0.05, 0.1) is 39.9 Å². The van der Waals surface area contributed by atoms with Crippen LogP contribution in [-0.2, 0) is 18.4 Å². The van der Waals surface area contributed by atoms with Gasteiger partial charge in [0.1, 0.15) is 13.2 Å². The van der Waals surface area contributed by atoms with Crippen molar-refractivity contribution in [1.29, 1.82) is 0 Å². The quantitative estimate of drug-likeness (QED) is 0.0245. The molecular formula is C47H92N2O6P+. The number of aliphatic hydroxyl groups excluding tert-OH is 1. The molecule has 330 valence electrons. The molecule has 0 radical (unpaired) electrons. The number of amides is 1. The Balaban J connectivity index is 4.37. The Kier molecular flexibility index (Phi) is 38.3. The van der Waals surface area contributed by atoms with Gasteiger partial charge in [-0.05, 0) is 44.9 Å². The van der Waals surface area contributed by atoms with Crippen molar-refractivity contribution in [3.05, 3.63) is 36.5 Å². The Hall–Kier alpha value is -1.28. The van der Waals surface area contributed by atoms with Gasteiger partial charge in [-0.3, -0.25) is 13.8 Å². The van der Waals surface area contributed by atoms with E-state index in [2.05, 4.69) is 43.5 Å². The molecule has 3 atom stereocenters. The average Bonchev–Trinajstić information content (AvgIpc) is 3.15. The van der Waals surface area contributed by atoms with Crippen molar-refractivity contribution in [3.63, 3.8) is 0 Å². The molecule has 0 rings (SSSR count). The normalized spacial score (nSPS) is 14.6. The molecule has 0 saturated carbocycles. The number of aliphatic hydroxyl groups is 1. The lowest BCUT2D eigenvalue weighted by molar-refractivity contribution is -0.870. The van der Waals surface area contributed by atoms with Gasteiger partial charge in [0.2, 0.25) is 5.91 Å². The highest BCUT2D eigenvalue weighted by molar-refractivity contribution is 7.47. The first kappa shape index (κ1) is 54.7. The van der Waals surface area contributed by atoms with Gasteiger partial charge in [-0.15, -0.1) is 0 Å². The Morgan fingerprint density at radius 1 is 0.589 bits per heavy atom. The summed E-state index contributed by atoms with van der Waals surface area (Å²) in [6.45, 7) is 4.77. The zero-order valence-corrected chi connectivity index (χ0v) is 38.3. The van der Waals surface area contributed by atoms with Crippen LogP contribution in [0, 0.1) is 0 Å². The lowest BCUT2D eigenvalue weighted by Gasteiger charge is -2.25. The Labute approximate surface area is 347 Å². The van der Waals surface area contributed by atoms with Crippen LogP contribution in [0.1, 0.15) is 206 Å². The number of rotatable bonds is 42. The summed E-state index contributed by atoms with van der Waals surface area (Å²) in [6.07, 6.45) is 47.9. The Morgan fingerprint density at radius 3 is 1.43 bits per heavy atom. The van der Waals surface area contributed by atoms with Gasteiger partial charge in [0, 0.05) is 6.42 Å². The van der Waals surface area contributed by atoms with Crippen molar-refractivity contribution in [2.45, 2.75) is 219 Å². The first-order valence-corrected chi connectivity index (χ1v) is 24.9. The number of carbonyl (C=O) groups is 1. The van der Waals surface area contributed by atoms with Gasteiger partial charge in [-0.1, -0.05) is 192 Å². The number of quaternary nitrogens is 1. The fourth-order valence-corrected chi connectivity index (χ4v) is 7.34. The molecule has 1 amide bonds. The molecule has 0 aliphatic rings. The van der Waals surface area contributed by atoms with E-state index in [1.165, 1.54) is 141 Å². The maximum absolute atomic E-state index is 12.9. The van der Waals surface area contributed by atoms with Crippen LogP contribution in [0.3, 0.4) is 0 Å². The SMILES string of the molecule is CCCCCC/C=C/CC/C=C/CC/C=C/C(O)C(COP(=O)(O)OCC[N+](C)(C)C)NC(=O)CCCCCCCCCCCCCCCCCCCCCC. The second-order valence-corrected chi connectivity index (χ2v) is 18.6. The molecule has 0 fully saturated rings. The van der Waals surface area contributed by atoms with Crippen molar-refractivity contribution < 1.29 is 32.9 Å². The largest absolute Gasteiger partial charge is 0.472 e. The summed E-state index contributed by atoms with van der Waals surface area (Å²) in [5.41, 5.74) is 0. The highest BCUT2D eigenvalue weighted by atomic mass is 31.2. The first-order valence-electron chi connectivity index (χ1n) is 23.4. The molecule has 0 heterocycles. The van der Waals surface area contributed by atoms with Gasteiger partial charge in [-0.25, -0.2) is 4.57 Å². The van der Waals surface area contributed by atoms with Crippen LogP contribution in [-0.4, -0.2) is 73.4 Å². The summed E-state index contributed by atoms with van der Waals surface area (Å²) >= 11 is 0. The molecule has 0 aromatic rings. The minimum absolute atomic E-state index is 0.0546. The number of allylic oxidation sites excluding steroid dienone is 5. The van der Waals surface area contributed by atoms with Gasteiger partial charge in [0.15, 0.2) is 0 Å². The smallest absolute Gasteiger partial charge is 0.387 e. The minimum Gasteiger partial charge on any atom is -0.387 e. The second-order valence-electron chi connectivity index (χ2n) is 17.1. The van der Waals surface area contributed by atoms with E-state index in [0.29, 0.717) is 17.4 Å². The monoisotopic (exact) mass is 812 g/mol. The number of nitrogens with zero attached hydrogens (tertiary/aromatic N) is 1. The van der Waals surface area contributed by atoms with Gasteiger partial charge in [-0.2, -0.15) is 0 Å². The predicted molar refractivity (Wildman–Crippen MR) is 240 cm³/mol. The summed E-state index contributed by atoms with van der Waals surface area (Å²) in [4.78, 5) is 23.1. The number of phosphoric ester groups is 1. The van der Waals surface area contributed by atoms with E-state index in [1.807, 2.05) is 27.2 Å². The van der Waals surface area contributed by atoms with Crippen LogP contribution < -0.4 is 5.32 Å². The fourth-order valence-electron chi connectivity index (χ4n) is 6.60. The van der Waals surface area contributed by atoms with Crippen molar-refractivity contribution in [1.82, 2.24) is 5.32 Å². The summed E-state index contributed by atoms with van der Waals surface area (Å²) in [5, 5.41) is 13.8. The molecule has 0 aliphatic carbocycles. The van der Waals surface area contributed by atoms with Gasteiger partial charge >= 0.3 is 7.82 Å². The standard InChI is InChI=1S/C47H91N2O6P/c1-6-8-10-12-14-16-18-20-22-23-24-25-26-27-29-31-33-35-37-39-41-47(51)48-45(44-55-56(52,53)54-43-42-49(3,4)5)46(50)40-38-36-34-32-30-28-21-19-17-15-13-11-9-7-2/h17,19,30,32,38,40,45-46,50H,6-16,18,20-29,31,33-37,39,41-44H2,1-5H3,(H-,48,51,52,53)/p+1/b19-17+,32-30+,40-38+. The highest BCUT2D eigenvalue weighted by Crippen LogP contribution is 2.43. The molecule has 3 N–H and O–H groups in total. The fraction of sp³-hybridized carbons (Fsp3) is 0.851. The molecule has 3 unspecified atom stereocenters. The molecule has 0 aromatic heterocycles. The zero-order valence-electron chi connectivity index (χ0n) is 37.4. The van der Waals surface area contributed by atoms with Crippen LogP contribution >= 0.6 is 7.82 Å². The molecule has 0 bridgehead atoms. The van der Waals surface area contributed by atoms with Crippen LogP contribution in [0.25, 0.3) is 0 Å². The third-order valence-corrected chi connectivity index (χ3v) is 11.3. The van der Waals surface area contributed by atoms with E-state index < -0.39 is 20.0 Å². The van der Waals surface area contributed by atoms with E-state index >= 15 is 0 Å². The summed E-state index contributed by atoms with van der Waals surface area (Å²) < 4.78 is 23.5. The molecular weight excluding hydrogens is 719 g/mol. The van der Waals surface area contributed by atoms with E-state index in [9.17, 15) is 19.4 Å². The topological polar surface area (TPSA) is 105 Å². The average molecular weight is 812 g/mol. The van der Waals surface area contributed by atoms with E-state index in [1.54, 1.807) is 6.08 Å². The predicted octanol–water partition coefficient (Wildman–Crippen LogP) is 13.1.